The van der Waals surface area contributed by atoms with Crippen molar-refractivity contribution in [3.63, 3.8) is 0 Å². The van der Waals surface area contributed by atoms with Crippen LogP contribution in [0.15, 0.2) is 24.3 Å². The summed E-state index contributed by atoms with van der Waals surface area (Å²) in [7, 11) is 0. The molecule has 7 heteroatoms. The number of nitrogens with two attached hydrogens (primary N) is 1. The zero-order valence-corrected chi connectivity index (χ0v) is 11.5. The van der Waals surface area contributed by atoms with Crippen LogP contribution in [0.2, 0.25) is 0 Å². The van der Waals surface area contributed by atoms with Crippen LogP contribution in [0, 0.1) is 11.3 Å². The first-order chi connectivity index (χ1) is 10.1. The average Bonchev–Trinajstić information content (AvgIpc) is 2.47. The van der Waals surface area contributed by atoms with Crippen LogP contribution in [0.5, 0.6) is 5.75 Å². The summed E-state index contributed by atoms with van der Waals surface area (Å²) in [6.07, 6.45) is 0.255. The van der Waals surface area contributed by atoms with Crippen molar-refractivity contribution in [2.24, 2.45) is 0 Å². The van der Waals surface area contributed by atoms with E-state index < -0.39 is 11.9 Å². The van der Waals surface area contributed by atoms with Crippen molar-refractivity contribution >= 4 is 17.6 Å². The summed E-state index contributed by atoms with van der Waals surface area (Å²) < 4.78 is 10.1. The molecule has 0 fully saturated rings. The minimum absolute atomic E-state index is 0.0376. The van der Waals surface area contributed by atoms with Crippen LogP contribution in [0.1, 0.15) is 12.8 Å². The van der Waals surface area contributed by atoms with E-state index in [0.29, 0.717) is 11.4 Å². The van der Waals surface area contributed by atoms with Crippen molar-refractivity contribution in [2.45, 2.75) is 12.8 Å². The van der Waals surface area contributed by atoms with E-state index >= 15 is 0 Å². The molecule has 7 nitrogen and oxygen atoms in total. The monoisotopic (exact) mass is 291 g/mol. The van der Waals surface area contributed by atoms with Gasteiger partial charge in [0.2, 0.25) is 0 Å². The van der Waals surface area contributed by atoms with Crippen molar-refractivity contribution in [3.8, 4) is 11.8 Å². The number of nitrogens with one attached hydrogen (secondary N) is 1. The Morgan fingerprint density at radius 2 is 2.00 bits per heavy atom. The van der Waals surface area contributed by atoms with Gasteiger partial charge < -0.3 is 20.5 Å². The zero-order chi connectivity index (χ0) is 15.5. The number of nitrogen functional groups attached to an aromatic ring is 1. The van der Waals surface area contributed by atoms with Gasteiger partial charge >= 0.3 is 5.97 Å². The van der Waals surface area contributed by atoms with Gasteiger partial charge in [-0.3, -0.25) is 9.59 Å². The number of amides is 1. The fraction of sp³-hybridized carbons (Fsp3) is 0.357. The fourth-order valence-electron chi connectivity index (χ4n) is 1.34. The van der Waals surface area contributed by atoms with E-state index in [1.807, 2.05) is 6.07 Å². The molecule has 1 rings (SSSR count). The number of nitrogens with zero attached hydrogens (tertiary/aromatic N) is 1. The van der Waals surface area contributed by atoms with Gasteiger partial charge in [0.05, 0.1) is 25.5 Å². The molecule has 21 heavy (non-hydrogen) atoms. The smallest absolute Gasteiger partial charge is 0.309 e. The Hall–Kier alpha value is -2.75. The summed E-state index contributed by atoms with van der Waals surface area (Å²) in [6.45, 7) is 0.0398. The molecular formula is C14H17N3O4. The van der Waals surface area contributed by atoms with Crippen LogP contribution in [0.4, 0.5) is 5.69 Å². The predicted molar refractivity (Wildman–Crippen MR) is 75.2 cm³/mol. The first kappa shape index (κ1) is 16.3. The molecule has 0 atom stereocenters. The Morgan fingerprint density at radius 3 is 2.67 bits per heavy atom. The Balaban J connectivity index is 2.12. The lowest BCUT2D eigenvalue weighted by Gasteiger charge is -2.07. The van der Waals surface area contributed by atoms with Crippen molar-refractivity contribution in [2.75, 3.05) is 25.5 Å². The Bertz CT molecular complexity index is 508. The molecule has 0 radical (unpaired) electrons. The van der Waals surface area contributed by atoms with Gasteiger partial charge in [0.25, 0.3) is 5.91 Å². The molecule has 112 valence electrons. The van der Waals surface area contributed by atoms with Crippen LogP contribution >= 0.6 is 0 Å². The molecule has 0 bridgehead atoms. The van der Waals surface area contributed by atoms with Crippen LogP contribution in [-0.2, 0) is 14.3 Å². The van der Waals surface area contributed by atoms with E-state index in [0.717, 1.165) is 0 Å². The highest BCUT2D eigenvalue weighted by Gasteiger charge is 2.07. The van der Waals surface area contributed by atoms with Gasteiger partial charge in [0, 0.05) is 12.2 Å². The van der Waals surface area contributed by atoms with Crippen molar-refractivity contribution in [3.05, 3.63) is 24.3 Å². The summed E-state index contributed by atoms with van der Waals surface area (Å²) in [6, 6.07) is 8.67. The summed E-state index contributed by atoms with van der Waals surface area (Å²) in [5.41, 5.74) is 6.16. The van der Waals surface area contributed by atoms with E-state index in [9.17, 15) is 9.59 Å². The molecule has 0 aliphatic heterocycles. The number of rotatable bonds is 8. The largest absolute Gasteiger partial charge is 0.493 e. The third-order valence-electron chi connectivity index (χ3n) is 2.38. The number of benzene rings is 1. The maximum Gasteiger partial charge on any atom is 0.309 e. The number of nitriles is 1. The van der Waals surface area contributed by atoms with E-state index in [2.05, 4.69) is 5.32 Å². The minimum Gasteiger partial charge on any atom is -0.493 e. The van der Waals surface area contributed by atoms with Gasteiger partial charge in [-0.15, -0.1) is 0 Å². The minimum atomic E-state index is -0.527. The SMILES string of the molecule is N#CCCNC(=O)COC(=O)CCOc1ccc(N)cc1. The molecule has 0 unspecified atom stereocenters. The predicted octanol–water partition coefficient (Wildman–Crippen LogP) is 0.611. The highest BCUT2D eigenvalue weighted by atomic mass is 16.5. The van der Waals surface area contributed by atoms with E-state index in [1.165, 1.54) is 0 Å². The third kappa shape index (κ3) is 7.42. The van der Waals surface area contributed by atoms with Crippen molar-refractivity contribution in [1.29, 1.82) is 5.26 Å². The van der Waals surface area contributed by atoms with E-state index in [1.54, 1.807) is 24.3 Å². The number of carbonyl (C=O) groups is 2. The molecule has 0 saturated heterocycles. The molecule has 0 saturated carbocycles. The molecule has 3 N–H and O–H groups in total. The second-order valence-electron chi connectivity index (χ2n) is 4.09. The Morgan fingerprint density at radius 1 is 1.29 bits per heavy atom. The standard InChI is InChI=1S/C14H17N3O4/c15-7-1-8-17-13(18)10-21-14(19)6-9-20-12-4-2-11(16)3-5-12/h2-5H,1,6,8-10,16H2,(H,17,18). The van der Waals surface area contributed by atoms with Gasteiger partial charge in [0.15, 0.2) is 6.61 Å². The molecule has 0 heterocycles. The number of hydrogen-bond donors (Lipinski definition) is 2. The first-order valence-electron chi connectivity index (χ1n) is 6.39. The number of anilines is 1. The van der Waals surface area contributed by atoms with E-state index in [4.69, 9.17) is 20.5 Å². The molecule has 1 amide bonds. The third-order valence-corrected chi connectivity index (χ3v) is 2.38. The average molecular weight is 291 g/mol. The lowest BCUT2D eigenvalue weighted by Crippen LogP contribution is -2.29. The maximum atomic E-state index is 11.4. The quantitative estimate of drug-likeness (QED) is 0.412. The van der Waals surface area contributed by atoms with Gasteiger partial charge in [-0.05, 0) is 24.3 Å². The van der Waals surface area contributed by atoms with Crippen molar-refractivity contribution in [1.82, 2.24) is 5.32 Å². The summed E-state index contributed by atoms with van der Waals surface area (Å²) >= 11 is 0. The number of esters is 1. The Kier molecular flexibility index (Phi) is 7.14. The molecule has 0 aliphatic carbocycles. The zero-order valence-electron chi connectivity index (χ0n) is 11.5. The van der Waals surface area contributed by atoms with Gasteiger partial charge in [0.1, 0.15) is 5.75 Å². The Labute approximate surface area is 122 Å². The molecule has 0 spiro atoms. The summed E-state index contributed by atoms with van der Waals surface area (Å²) in [5.74, 6) is -0.356. The lowest BCUT2D eigenvalue weighted by molar-refractivity contribution is -0.149. The van der Waals surface area contributed by atoms with Gasteiger partial charge in [-0.1, -0.05) is 0 Å². The molecule has 1 aromatic carbocycles. The molecule has 0 aromatic heterocycles. The second-order valence-corrected chi connectivity index (χ2v) is 4.09. The van der Waals surface area contributed by atoms with Crippen molar-refractivity contribution < 1.29 is 19.1 Å². The molecule has 0 aliphatic rings. The van der Waals surface area contributed by atoms with Crippen LogP contribution in [-0.4, -0.2) is 31.6 Å². The molecular weight excluding hydrogens is 274 g/mol. The lowest BCUT2D eigenvalue weighted by atomic mass is 10.3. The number of ether oxygens (including phenoxy) is 2. The van der Waals surface area contributed by atoms with E-state index in [-0.39, 0.29) is 32.6 Å². The number of hydrogen-bond acceptors (Lipinski definition) is 6. The van der Waals surface area contributed by atoms with Gasteiger partial charge in [-0.25, -0.2) is 0 Å². The molecule has 1 aromatic rings. The second kappa shape index (κ2) is 9.20. The van der Waals surface area contributed by atoms with Crippen LogP contribution in [0.3, 0.4) is 0 Å². The fourth-order valence-corrected chi connectivity index (χ4v) is 1.34. The summed E-state index contributed by atoms with van der Waals surface area (Å²) in [4.78, 5) is 22.6. The highest BCUT2D eigenvalue weighted by molar-refractivity contribution is 5.80. The van der Waals surface area contributed by atoms with Gasteiger partial charge in [-0.2, -0.15) is 5.26 Å². The topological polar surface area (TPSA) is 114 Å². The number of carbonyl (C=O) groups excluding carboxylic acids is 2. The summed E-state index contributed by atoms with van der Waals surface area (Å²) in [5, 5.41) is 10.7. The maximum absolute atomic E-state index is 11.4. The highest BCUT2D eigenvalue weighted by Crippen LogP contribution is 2.13. The van der Waals surface area contributed by atoms with Crippen LogP contribution in [0.25, 0.3) is 0 Å². The normalized spacial score (nSPS) is 9.48. The van der Waals surface area contributed by atoms with Crippen LogP contribution < -0.4 is 15.8 Å². The first-order valence-corrected chi connectivity index (χ1v) is 6.39.